The predicted molar refractivity (Wildman–Crippen MR) is 140 cm³/mol. The first kappa shape index (κ1) is 26.2. The number of aromatic nitrogens is 2. The standard InChI is InChI=1S/C24H22Cl2F3IN4O/c1-12(32-19-11-20(24(27,28)29)34-18-7-4-14(25)10-16(18)19)13-2-5-15(6-3-13)33-23(35)21-17(30)8-9-31-22(21)26/h4,7-13,15H,2-3,5-6H2,1H3,(H,32,34)(H,33,35)/t12-,13-,15+/m0/s1. The average molecular weight is 637 g/mol. The normalized spacial score (nSPS) is 19.4. The third kappa shape index (κ3) is 6.11. The van der Waals surface area contributed by atoms with Gasteiger partial charge < -0.3 is 10.6 Å². The zero-order valence-corrected chi connectivity index (χ0v) is 22.3. The monoisotopic (exact) mass is 636 g/mol. The molecule has 1 atom stereocenters. The smallest absolute Gasteiger partial charge is 0.382 e. The van der Waals surface area contributed by atoms with Gasteiger partial charge in [-0.1, -0.05) is 23.2 Å². The van der Waals surface area contributed by atoms with Crippen LogP contribution in [0.5, 0.6) is 0 Å². The summed E-state index contributed by atoms with van der Waals surface area (Å²) in [6.07, 6.45) is 0.137. The molecule has 1 amide bonds. The molecule has 1 saturated carbocycles. The van der Waals surface area contributed by atoms with Crippen LogP contribution in [0.2, 0.25) is 10.2 Å². The van der Waals surface area contributed by atoms with E-state index in [0.717, 1.165) is 35.3 Å². The van der Waals surface area contributed by atoms with Crippen LogP contribution in [0.3, 0.4) is 0 Å². The Bertz CT molecular complexity index is 1230. The van der Waals surface area contributed by atoms with Gasteiger partial charge in [0, 0.05) is 37.9 Å². The fourth-order valence-electron chi connectivity index (χ4n) is 4.46. The van der Waals surface area contributed by atoms with Crippen molar-refractivity contribution in [3.05, 3.63) is 61.5 Å². The molecule has 186 valence electrons. The molecular weight excluding hydrogens is 615 g/mol. The second kappa shape index (κ2) is 10.6. The van der Waals surface area contributed by atoms with Crippen molar-refractivity contribution >= 4 is 68.3 Å². The molecule has 0 bridgehead atoms. The van der Waals surface area contributed by atoms with Crippen LogP contribution < -0.4 is 10.6 Å². The Morgan fingerprint density at radius 2 is 1.86 bits per heavy atom. The van der Waals surface area contributed by atoms with E-state index in [2.05, 4.69) is 43.2 Å². The van der Waals surface area contributed by atoms with Crippen LogP contribution in [0.15, 0.2) is 36.5 Å². The van der Waals surface area contributed by atoms with E-state index < -0.39 is 11.9 Å². The van der Waals surface area contributed by atoms with Crippen LogP contribution in [0.1, 0.15) is 48.7 Å². The minimum atomic E-state index is -4.56. The van der Waals surface area contributed by atoms with E-state index in [1.54, 1.807) is 18.3 Å². The number of anilines is 1. The van der Waals surface area contributed by atoms with E-state index in [-0.39, 0.29) is 34.6 Å². The van der Waals surface area contributed by atoms with Gasteiger partial charge in [-0.3, -0.25) is 4.79 Å². The molecule has 2 aromatic heterocycles. The van der Waals surface area contributed by atoms with Crippen molar-refractivity contribution in [1.82, 2.24) is 15.3 Å². The number of alkyl halides is 3. The van der Waals surface area contributed by atoms with Crippen LogP contribution >= 0.6 is 45.8 Å². The Hall–Kier alpha value is -1.85. The summed E-state index contributed by atoms with van der Waals surface area (Å²) in [6.45, 7) is 1.96. The number of carbonyl (C=O) groups is 1. The average Bonchev–Trinajstić information content (AvgIpc) is 2.79. The highest BCUT2D eigenvalue weighted by atomic mass is 127. The minimum absolute atomic E-state index is 0.00424. The fourth-order valence-corrected chi connectivity index (χ4v) is 5.70. The van der Waals surface area contributed by atoms with Gasteiger partial charge in [-0.05, 0) is 91.4 Å². The Morgan fingerprint density at radius 3 is 2.51 bits per heavy atom. The lowest BCUT2D eigenvalue weighted by atomic mass is 9.82. The molecule has 35 heavy (non-hydrogen) atoms. The van der Waals surface area contributed by atoms with E-state index in [0.29, 0.717) is 21.7 Å². The summed E-state index contributed by atoms with van der Waals surface area (Å²) in [7, 11) is 0. The Morgan fingerprint density at radius 1 is 1.14 bits per heavy atom. The molecule has 0 unspecified atom stereocenters. The van der Waals surface area contributed by atoms with Gasteiger partial charge in [-0.2, -0.15) is 13.2 Å². The summed E-state index contributed by atoms with van der Waals surface area (Å²) in [4.78, 5) is 20.5. The maximum absolute atomic E-state index is 13.4. The lowest BCUT2D eigenvalue weighted by Gasteiger charge is -2.33. The summed E-state index contributed by atoms with van der Waals surface area (Å²) < 4.78 is 41.0. The molecule has 1 aliphatic rings. The number of nitrogens with one attached hydrogen (secondary N) is 2. The zero-order valence-electron chi connectivity index (χ0n) is 18.6. The lowest BCUT2D eigenvalue weighted by Crippen LogP contribution is -2.40. The molecule has 3 aromatic rings. The molecule has 0 saturated heterocycles. The van der Waals surface area contributed by atoms with E-state index in [1.807, 2.05) is 6.92 Å². The Balaban J connectivity index is 1.43. The first-order valence-corrected chi connectivity index (χ1v) is 12.9. The molecule has 4 rings (SSSR count). The third-order valence-corrected chi connectivity index (χ3v) is 7.76. The quantitative estimate of drug-likeness (QED) is 0.227. The highest BCUT2D eigenvalue weighted by Gasteiger charge is 2.34. The van der Waals surface area contributed by atoms with Gasteiger partial charge in [0.25, 0.3) is 5.91 Å². The number of rotatable bonds is 5. The van der Waals surface area contributed by atoms with Crippen LogP contribution in [-0.4, -0.2) is 28.0 Å². The summed E-state index contributed by atoms with van der Waals surface area (Å²) >= 11 is 14.3. The fraction of sp³-hybridized carbons (Fsp3) is 0.375. The van der Waals surface area contributed by atoms with Gasteiger partial charge >= 0.3 is 6.18 Å². The number of hydrogen-bond donors (Lipinski definition) is 2. The molecule has 1 fully saturated rings. The first-order chi connectivity index (χ1) is 16.5. The summed E-state index contributed by atoms with van der Waals surface area (Å²) in [6, 6.07) is 7.32. The largest absolute Gasteiger partial charge is 0.433 e. The molecule has 0 radical (unpaired) electrons. The number of nitrogens with zero attached hydrogens (tertiary/aromatic N) is 2. The number of carbonyl (C=O) groups excluding carboxylic acids is 1. The summed E-state index contributed by atoms with van der Waals surface area (Å²) in [5, 5.41) is 7.46. The Labute approximate surface area is 224 Å². The SMILES string of the molecule is C[C@H](Nc1cc(C(F)(F)F)nc2ccc(Cl)cc12)[C@H]1CC[C@@H](NC(=O)c2c(I)ccnc2Cl)CC1. The second-order valence-corrected chi connectivity index (χ2v) is 10.6. The molecule has 11 heteroatoms. The van der Waals surface area contributed by atoms with Gasteiger partial charge in [0.05, 0.1) is 11.1 Å². The molecule has 0 aliphatic heterocycles. The van der Waals surface area contributed by atoms with E-state index in [1.165, 1.54) is 12.1 Å². The van der Waals surface area contributed by atoms with Gasteiger partial charge in [0.1, 0.15) is 10.8 Å². The zero-order chi connectivity index (χ0) is 25.3. The number of benzene rings is 1. The van der Waals surface area contributed by atoms with Gasteiger partial charge in [0.2, 0.25) is 0 Å². The second-order valence-electron chi connectivity index (χ2n) is 8.69. The van der Waals surface area contributed by atoms with E-state index in [9.17, 15) is 18.0 Å². The van der Waals surface area contributed by atoms with Crippen molar-refractivity contribution in [2.24, 2.45) is 5.92 Å². The highest BCUT2D eigenvalue weighted by Crippen LogP contribution is 2.36. The van der Waals surface area contributed by atoms with Crippen molar-refractivity contribution in [3.63, 3.8) is 0 Å². The first-order valence-electron chi connectivity index (χ1n) is 11.1. The van der Waals surface area contributed by atoms with Crippen LogP contribution in [0.25, 0.3) is 10.9 Å². The number of halogens is 6. The van der Waals surface area contributed by atoms with Gasteiger partial charge in [-0.15, -0.1) is 0 Å². The number of hydrogen-bond acceptors (Lipinski definition) is 4. The van der Waals surface area contributed by atoms with Crippen molar-refractivity contribution < 1.29 is 18.0 Å². The van der Waals surface area contributed by atoms with Crippen LogP contribution in [-0.2, 0) is 6.18 Å². The van der Waals surface area contributed by atoms with E-state index >= 15 is 0 Å². The number of amides is 1. The van der Waals surface area contributed by atoms with Crippen molar-refractivity contribution in [1.29, 1.82) is 0 Å². The third-order valence-electron chi connectivity index (χ3n) is 6.34. The van der Waals surface area contributed by atoms with Crippen LogP contribution in [0.4, 0.5) is 18.9 Å². The molecule has 0 spiro atoms. The molecular formula is C24H22Cl2F3IN4O. The summed E-state index contributed by atoms with van der Waals surface area (Å²) in [5.41, 5.74) is 0.00958. The molecule has 2 N–H and O–H groups in total. The maximum Gasteiger partial charge on any atom is 0.433 e. The summed E-state index contributed by atoms with van der Waals surface area (Å²) in [5.74, 6) is -0.0241. The molecule has 2 heterocycles. The minimum Gasteiger partial charge on any atom is -0.382 e. The van der Waals surface area contributed by atoms with Gasteiger partial charge in [0.15, 0.2) is 0 Å². The lowest BCUT2D eigenvalue weighted by molar-refractivity contribution is -0.140. The molecule has 5 nitrogen and oxygen atoms in total. The van der Waals surface area contributed by atoms with Crippen LogP contribution in [0, 0.1) is 9.49 Å². The topological polar surface area (TPSA) is 66.9 Å². The van der Waals surface area contributed by atoms with Gasteiger partial charge in [-0.25, -0.2) is 9.97 Å². The Kier molecular flexibility index (Phi) is 7.97. The van der Waals surface area contributed by atoms with Crippen molar-refractivity contribution in [2.45, 2.75) is 50.9 Å². The highest BCUT2D eigenvalue weighted by molar-refractivity contribution is 14.1. The number of fused-ring (bicyclic) bond motifs is 1. The molecule has 1 aliphatic carbocycles. The van der Waals surface area contributed by atoms with Crippen molar-refractivity contribution in [2.75, 3.05) is 5.32 Å². The number of pyridine rings is 2. The predicted octanol–water partition coefficient (Wildman–Crippen LogP) is 7.35. The molecule has 1 aromatic carbocycles. The van der Waals surface area contributed by atoms with E-state index in [4.69, 9.17) is 23.2 Å². The van der Waals surface area contributed by atoms with Crippen molar-refractivity contribution in [3.8, 4) is 0 Å². The maximum atomic E-state index is 13.4.